The van der Waals surface area contributed by atoms with Crippen molar-refractivity contribution in [1.82, 2.24) is 5.32 Å². The zero-order chi connectivity index (χ0) is 11.7. The largest absolute Gasteiger partial charge is 0.329 e. The maximum atomic E-state index is 8.35. The van der Waals surface area contributed by atoms with E-state index in [1.165, 1.54) is 0 Å². The predicted octanol–water partition coefficient (Wildman–Crippen LogP) is 1.73. The highest BCUT2D eigenvalue weighted by Gasteiger charge is 2.13. The molecule has 0 amide bonds. The van der Waals surface area contributed by atoms with E-state index in [2.05, 4.69) is 12.2 Å². The maximum Gasteiger partial charge on any atom is 0.185 e. The fraction of sp³-hybridized carbons (Fsp3) is 0.889. The van der Waals surface area contributed by atoms with Crippen molar-refractivity contribution in [2.24, 2.45) is 5.92 Å². The van der Waals surface area contributed by atoms with Crippen LogP contribution in [0.5, 0.6) is 0 Å². The van der Waals surface area contributed by atoms with Gasteiger partial charge in [0.1, 0.15) is 0 Å². The number of nitriles is 1. The van der Waals surface area contributed by atoms with Gasteiger partial charge >= 0.3 is 0 Å². The van der Waals surface area contributed by atoms with Crippen molar-refractivity contribution in [3.8, 4) is 6.07 Å². The molecule has 0 saturated carbocycles. The standard InChI is InChI=1S/C9H19N2O2PS/c1-9(7-11-2)8-13-14(3,15)12-6-4-5-10/h9,11H,4,6-8H2,1-3H3. The minimum absolute atomic E-state index is 0.363. The molecule has 6 heteroatoms. The summed E-state index contributed by atoms with van der Waals surface area (Å²) in [7, 11) is 1.90. The lowest BCUT2D eigenvalue weighted by Crippen LogP contribution is -2.20. The summed E-state index contributed by atoms with van der Waals surface area (Å²) in [5.74, 6) is 0.414. The number of hydrogen-bond acceptors (Lipinski definition) is 5. The van der Waals surface area contributed by atoms with E-state index in [-0.39, 0.29) is 0 Å². The summed E-state index contributed by atoms with van der Waals surface area (Å²) in [5.41, 5.74) is 0. The third kappa shape index (κ3) is 8.98. The predicted molar refractivity (Wildman–Crippen MR) is 65.4 cm³/mol. The van der Waals surface area contributed by atoms with Crippen molar-refractivity contribution in [3.63, 3.8) is 0 Å². The molecule has 15 heavy (non-hydrogen) atoms. The third-order valence-electron chi connectivity index (χ3n) is 1.69. The van der Waals surface area contributed by atoms with E-state index in [9.17, 15) is 0 Å². The molecule has 0 aliphatic heterocycles. The van der Waals surface area contributed by atoms with E-state index in [0.29, 0.717) is 25.6 Å². The molecule has 88 valence electrons. The summed E-state index contributed by atoms with van der Waals surface area (Å²) in [6, 6.07) is 2.01. The van der Waals surface area contributed by atoms with Crippen LogP contribution >= 0.6 is 6.49 Å². The molecule has 4 nitrogen and oxygen atoms in total. The topological polar surface area (TPSA) is 54.3 Å². The molecule has 0 saturated heterocycles. The van der Waals surface area contributed by atoms with Gasteiger partial charge in [-0.3, -0.25) is 0 Å². The molecule has 2 unspecified atom stereocenters. The van der Waals surface area contributed by atoms with Gasteiger partial charge in [-0.05, 0) is 31.3 Å². The second-order valence-electron chi connectivity index (χ2n) is 3.47. The van der Waals surface area contributed by atoms with Gasteiger partial charge in [0.25, 0.3) is 0 Å². The molecule has 0 rings (SSSR count). The number of nitrogens with zero attached hydrogens (tertiary/aromatic N) is 1. The molecule has 0 aliphatic carbocycles. The minimum Gasteiger partial charge on any atom is -0.329 e. The van der Waals surface area contributed by atoms with Crippen LogP contribution in [0.25, 0.3) is 0 Å². The molecule has 0 aromatic rings. The van der Waals surface area contributed by atoms with Gasteiger partial charge in [-0.15, -0.1) is 0 Å². The Bertz CT molecular complexity index is 255. The first kappa shape index (κ1) is 15.0. The molecule has 0 bridgehead atoms. The average molecular weight is 250 g/mol. The van der Waals surface area contributed by atoms with Crippen LogP contribution in [0.3, 0.4) is 0 Å². The van der Waals surface area contributed by atoms with Crippen LogP contribution in [0.4, 0.5) is 0 Å². The first-order valence-corrected chi connectivity index (χ1v) is 7.98. The molecular weight excluding hydrogens is 231 g/mol. The van der Waals surface area contributed by atoms with E-state index in [4.69, 9.17) is 26.1 Å². The van der Waals surface area contributed by atoms with Crippen LogP contribution in [0.15, 0.2) is 0 Å². The zero-order valence-electron chi connectivity index (χ0n) is 9.52. The highest BCUT2D eigenvalue weighted by atomic mass is 32.5. The van der Waals surface area contributed by atoms with Crippen LogP contribution in [0.1, 0.15) is 13.3 Å². The summed E-state index contributed by atoms with van der Waals surface area (Å²) >= 11 is 5.20. The van der Waals surface area contributed by atoms with Gasteiger partial charge in [-0.25, -0.2) is 0 Å². The highest BCUT2D eigenvalue weighted by Crippen LogP contribution is 2.44. The van der Waals surface area contributed by atoms with E-state index in [0.717, 1.165) is 6.54 Å². The van der Waals surface area contributed by atoms with Gasteiger partial charge in [0, 0.05) is 6.66 Å². The Balaban J connectivity index is 3.73. The molecule has 2 atom stereocenters. The lowest BCUT2D eigenvalue weighted by atomic mass is 10.2. The number of nitrogens with one attached hydrogen (secondary N) is 1. The number of hydrogen-bond donors (Lipinski definition) is 1. The van der Waals surface area contributed by atoms with Crippen LogP contribution in [-0.4, -0.2) is 33.5 Å². The summed E-state index contributed by atoms with van der Waals surface area (Å²) in [4.78, 5) is 0. The summed E-state index contributed by atoms with van der Waals surface area (Å²) < 4.78 is 10.9. The van der Waals surface area contributed by atoms with Gasteiger partial charge < -0.3 is 14.4 Å². The first-order valence-electron chi connectivity index (χ1n) is 4.90. The Hall–Kier alpha value is 0.0200. The van der Waals surface area contributed by atoms with Crippen LogP contribution < -0.4 is 5.32 Å². The summed E-state index contributed by atoms with van der Waals surface area (Å²) in [5, 5.41) is 11.4. The Morgan fingerprint density at radius 3 is 2.73 bits per heavy atom. The van der Waals surface area contributed by atoms with Crippen molar-refractivity contribution >= 4 is 18.3 Å². The molecule has 0 radical (unpaired) electrons. The van der Waals surface area contributed by atoms with Crippen molar-refractivity contribution in [2.45, 2.75) is 13.3 Å². The van der Waals surface area contributed by atoms with Crippen molar-refractivity contribution in [3.05, 3.63) is 0 Å². The minimum atomic E-state index is -2.15. The SMILES string of the molecule is CNCC(C)COP(C)(=S)OCCC#N. The smallest absolute Gasteiger partial charge is 0.185 e. The van der Waals surface area contributed by atoms with E-state index in [1.54, 1.807) is 6.66 Å². The van der Waals surface area contributed by atoms with E-state index >= 15 is 0 Å². The molecule has 0 aromatic heterocycles. The Labute approximate surface area is 97.1 Å². The fourth-order valence-electron chi connectivity index (χ4n) is 0.964. The molecule has 0 heterocycles. The third-order valence-corrected chi connectivity index (χ3v) is 3.59. The lowest BCUT2D eigenvalue weighted by molar-refractivity contribution is 0.223. The monoisotopic (exact) mass is 250 g/mol. The molecule has 1 N–H and O–H groups in total. The Morgan fingerprint density at radius 1 is 1.53 bits per heavy atom. The molecule has 0 fully saturated rings. The zero-order valence-corrected chi connectivity index (χ0v) is 11.2. The van der Waals surface area contributed by atoms with Gasteiger partial charge in [-0.1, -0.05) is 6.92 Å². The van der Waals surface area contributed by atoms with Gasteiger partial charge in [0.05, 0.1) is 25.7 Å². The van der Waals surface area contributed by atoms with Crippen molar-refractivity contribution in [2.75, 3.05) is 33.5 Å². The maximum absolute atomic E-state index is 8.35. The molecule has 0 spiro atoms. The van der Waals surface area contributed by atoms with Gasteiger partial charge in [-0.2, -0.15) is 5.26 Å². The second kappa shape index (κ2) is 8.20. The number of rotatable bonds is 8. The highest BCUT2D eigenvalue weighted by molar-refractivity contribution is 8.09. The van der Waals surface area contributed by atoms with E-state index < -0.39 is 6.49 Å². The van der Waals surface area contributed by atoms with Gasteiger partial charge in [0.2, 0.25) is 0 Å². The fourth-order valence-corrected chi connectivity index (χ4v) is 2.39. The lowest BCUT2D eigenvalue weighted by Gasteiger charge is -2.19. The Kier molecular flexibility index (Phi) is 8.22. The van der Waals surface area contributed by atoms with Crippen LogP contribution in [-0.2, 0) is 20.9 Å². The summed E-state index contributed by atoms with van der Waals surface area (Å²) in [6.45, 7) is 3.60. The normalized spacial score (nSPS) is 16.7. The molecular formula is C9H19N2O2PS. The summed E-state index contributed by atoms with van der Waals surface area (Å²) in [6.07, 6.45) is 0.363. The van der Waals surface area contributed by atoms with Crippen LogP contribution in [0.2, 0.25) is 0 Å². The second-order valence-corrected chi connectivity index (χ2v) is 7.52. The molecule has 0 aromatic carbocycles. The van der Waals surface area contributed by atoms with Gasteiger partial charge in [0.15, 0.2) is 6.49 Å². The molecule has 0 aliphatic rings. The van der Waals surface area contributed by atoms with E-state index in [1.807, 2.05) is 13.1 Å². The Morgan fingerprint density at radius 2 is 2.20 bits per heavy atom. The van der Waals surface area contributed by atoms with Crippen molar-refractivity contribution < 1.29 is 9.05 Å². The van der Waals surface area contributed by atoms with Crippen molar-refractivity contribution in [1.29, 1.82) is 5.26 Å². The first-order chi connectivity index (χ1) is 7.02. The quantitative estimate of drug-likeness (QED) is 0.525. The van der Waals surface area contributed by atoms with Crippen LogP contribution in [0, 0.1) is 17.2 Å². The average Bonchev–Trinajstić information content (AvgIpc) is 2.16.